The van der Waals surface area contributed by atoms with Gasteiger partial charge in [0.05, 0.1) is 20.4 Å². The van der Waals surface area contributed by atoms with Crippen molar-refractivity contribution >= 4 is 51.4 Å². The molecule has 1 N–H and O–H groups in total. The number of halogens is 2. The van der Waals surface area contributed by atoms with Crippen LogP contribution in [-0.4, -0.2) is 26.4 Å². The van der Waals surface area contributed by atoms with Gasteiger partial charge < -0.3 is 9.67 Å². The summed E-state index contributed by atoms with van der Waals surface area (Å²) < 4.78 is 16.0. The molecule has 0 bridgehead atoms. The van der Waals surface area contributed by atoms with Crippen LogP contribution in [0.1, 0.15) is 6.42 Å². The molecule has 0 saturated carbocycles. The van der Waals surface area contributed by atoms with Gasteiger partial charge in [0.1, 0.15) is 5.82 Å². The topological polar surface area (TPSA) is 55.1 Å². The van der Waals surface area contributed by atoms with Gasteiger partial charge in [-0.2, -0.15) is 0 Å². The minimum absolute atomic E-state index is 0.0724. The second-order valence-corrected chi connectivity index (χ2v) is 6.17. The first kappa shape index (κ1) is 15.3. The fraction of sp³-hybridized carbons (Fsp3) is 0.231. The van der Waals surface area contributed by atoms with Crippen LogP contribution in [0.5, 0.6) is 0 Å². The zero-order chi connectivity index (χ0) is 14.7. The number of nitrogens with zero attached hydrogens (tertiary/aromatic N) is 2. The molecule has 0 unspecified atom stereocenters. The number of fused-ring (bicyclic) bond motifs is 1. The molecule has 0 aliphatic carbocycles. The van der Waals surface area contributed by atoms with Gasteiger partial charge >= 0.3 is 5.97 Å². The lowest BCUT2D eigenvalue weighted by molar-refractivity contribution is -0.133. The molecule has 7 heteroatoms. The van der Waals surface area contributed by atoms with Crippen LogP contribution in [-0.2, 0) is 11.3 Å². The molecule has 2 rings (SSSR count). The standard InChI is InChI=1S/C13H12FIN2O2S/c1-2-3-4-17-11-5-8(14)9(15)6-10(11)16-13(17)20-7-12(18)19/h2,5-6H,1,3-4,7H2,(H,18,19). The zero-order valence-electron chi connectivity index (χ0n) is 10.5. The summed E-state index contributed by atoms with van der Waals surface area (Å²) in [6, 6.07) is 3.11. The quantitative estimate of drug-likeness (QED) is 0.453. The molecule has 0 saturated heterocycles. The Morgan fingerprint density at radius 2 is 2.35 bits per heavy atom. The number of aromatic nitrogens is 2. The number of hydrogen-bond acceptors (Lipinski definition) is 3. The van der Waals surface area contributed by atoms with E-state index in [0.29, 0.717) is 32.7 Å². The molecule has 0 aliphatic heterocycles. The summed E-state index contributed by atoms with van der Waals surface area (Å²) in [5.41, 5.74) is 1.35. The fourth-order valence-corrected chi connectivity index (χ4v) is 2.98. The number of aryl methyl sites for hydroxylation is 1. The molecule has 0 aliphatic rings. The smallest absolute Gasteiger partial charge is 0.313 e. The van der Waals surface area contributed by atoms with E-state index in [1.807, 2.05) is 27.2 Å². The first-order valence-corrected chi connectivity index (χ1v) is 7.90. The van der Waals surface area contributed by atoms with Crippen molar-refractivity contribution in [2.24, 2.45) is 0 Å². The Hall–Kier alpha value is -1.09. The van der Waals surface area contributed by atoms with E-state index in [-0.39, 0.29) is 11.6 Å². The number of allylic oxidation sites excluding steroid dienone is 1. The van der Waals surface area contributed by atoms with Crippen molar-refractivity contribution in [1.29, 1.82) is 0 Å². The molecule has 1 aromatic carbocycles. The first-order valence-electron chi connectivity index (χ1n) is 5.83. The minimum Gasteiger partial charge on any atom is -0.481 e. The van der Waals surface area contributed by atoms with E-state index in [9.17, 15) is 9.18 Å². The van der Waals surface area contributed by atoms with Crippen molar-refractivity contribution in [3.8, 4) is 0 Å². The van der Waals surface area contributed by atoms with Crippen LogP contribution in [0.4, 0.5) is 4.39 Å². The van der Waals surface area contributed by atoms with Crippen molar-refractivity contribution in [3.63, 3.8) is 0 Å². The van der Waals surface area contributed by atoms with Crippen LogP contribution < -0.4 is 0 Å². The Bertz CT molecular complexity index is 672. The molecule has 0 fully saturated rings. The average molecular weight is 406 g/mol. The van der Waals surface area contributed by atoms with E-state index in [0.717, 1.165) is 11.8 Å². The monoisotopic (exact) mass is 406 g/mol. The van der Waals surface area contributed by atoms with Crippen molar-refractivity contribution < 1.29 is 14.3 Å². The third-order valence-electron chi connectivity index (χ3n) is 2.64. The maximum absolute atomic E-state index is 13.7. The molecule has 0 radical (unpaired) electrons. The average Bonchev–Trinajstić information content (AvgIpc) is 2.72. The first-order chi connectivity index (χ1) is 9.52. The van der Waals surface area contributed by atoms with E-state index >= 15 is 0 Å². The highest BCUT2D eigenvalue weighted by atomic mass is 127. The Kier molecular flexibility index (Phi) is 5.03. The largest absolute Gasteiger partial charge is 0.481 e. The van der Waals surface area contributed by atoms with Gasteiger partial charge in [-0.1, -0.05) is 17.8 Å². The van der Waals surface area contributed by atoms with E-state index < -0.39 is 5.97 Å². The lowest BCUT2D eigenvalue weighted by atomic mass is 10.3. The highest BCUT2D eigenvalue weighted by Gasteiger charge is 2.14. The number of carbonyl (C=O) groups is 1. The lowest BCUT2D eigenvalue weighted by Crippen LogP contribution is -2.03. The summed E-state index contributed by atoms with van der Waals surface area (Å²) in [5.74, 6) is -1.28. The second-order valence-electron chi connectivity index (χ2n) is 4.06. The minimum atomic E-state index is -0.905. The Labute approximate surface area is 133 Å². The molecule has 106 valence electrons. The summed E-state index contributed by atoms with van der Waals surface area (Å²) >= 11 is 3.05. The molecule has 20 heavy (non-hydrogen) atoms. The van der Waals surface area contributed by atoms with E-state index in [1.165, 1.54) is 6.07 Å². The van der Waals surface area contributed by atoms with Gasteiger partial charge in [0, 0.05) is 12.6 Å². The van der Waals surface area contributed by atoms with E-state index in [2.05, 4.69) is 11.6 Å². The third-order valence-corrected chi connectivity index (χ3v) is 4.42. The van der Waals surface area contributed by atoms with Crippen molar-refractivity contribution in [2.75, 3.05) is 5.75 Å². The third kappa shape index (κ3) is 3.32. The Morgan fingerprint density at radius 1 is 1.60 bits per heavy atom. The normalized spacial score (nSPS) is 10.9. The van der Waals surface area contributed by atoms with E-state index in [4.69, 9.17) is 5.11 Å². The molecule has 1 aromatic heterocycles. The highest BCUT2D eigenvalue weighted by Crippen LogP contribution is 2.27. The Morgan fingerprint density at radius 3 is 3.00 bits per heavy atom. The molecule has 0 amide bonds. The van der Waals surface area contributed by atoms with Gasteiger partial charge in [0.2, 0.25) is 0 Å². The lowest BCUT2D eigenvalue weighted by Gasteiger charge is -2.06. The van der Waals surface area contributed by atoms with Gasteiger partial charge in [-0.05, 0) is 35.1 Å². The van der Waals surface area contributed by atoms with Crippen LogP contribution in [0.2, 0.25) is 0 Å². The van der Waals surface area contributed by atoms with Crippen LogP contribution >= 0.6 is 34.4 Å². The maximum atomic E-state index is 13.7. The fourth-order valence-electron chi connectivity index (χ4n) is 1.77. The number of aliphatic carboxylic acids is 1. The van der Waals surface area contributed by atoms with Gasteiger partial charge in [-0.25, -0.2) is 9.37 Å². The summed E-state index contributed by atoms with van der Waals surface area (Å²) in [6.45, 7) is 4.26. The molecular weight excluding hydrogens is 394 g/mol. The summed E-state index contributed by atoms with van der Waals surface area (Å²) in [4.78, 5) is 15.1. The number of rotatable bonds is 6. The van der Waals surface area contributed by atoms with Crippen LogP contribution in [0.3, 0.4) is 0 Å². The predicted molar refractivity (Wildman–Crippen MR) is 85.6 cm³/mol. The van der Waals surface area contributed by atoms with Gasteiger partial charge in [0.25, 0.3) is 0 Å². The highest BCUT2D eigenvalue weighted by molar-refractivity contribution is 14.1. The molecular formula is C13H12FIN2O2S. The van der Waals surface area contributed by atoms with Gasteiger partial charge in [-0.15, -0.1) is 6.58 Å². The van der Waals surface area contributed by atoms with Gasteiger partial charge in [-0.3, -0.25) is 4.79 Å². The predicted octanol–water partition coefficient (Wildman–Crippen LogP) is 3.53. The number of carboxylic acid groups (broad SMARTS) is 1. The number of imidazole rings is 1. The molecule has 4 nitrogen and oxygen atoms in total. The SMILES string of the molecule is C=CCCn1c(SCC(=O)O)nc2cc(I)c(F)cc21. The van der Waals surface area contributed by atoms with Crippen molar-refractivity contribution in [3.05, 3.63) is 34.2 Å². The van der Waals surface area contributed by atoms with Crippen LogP contribution in [0.15, 0.2) is 29.9 Å². The summed E-state index contributed by atoms with van der Waals surface area (Å²) in [6.07, 6.45) is 2.47. The molecule has 1 heterocycles. The van der Waals surface area contributed by atoms with Crippen LogP contribution in [0, 0.1) is 9.39 Å². The molecule has 0 spiro atoms. The number of hydrogen-bond donors (Lipinski definition) is 1. The zero-order valence-corrected chi connectivity index (χ0v) is 13.4. The van der Waals surface area contributed by atoms with E-state index in [1.54, 1.807) is 12.1 Å². The number of thioether (sulfide) groups is 1. The number of benzene rings is 1. The van der Waals surface area contributed by atoms with Gasteiger partial charge in [0.15, 0.2) is 5.16 Å². The summed E-state index contributed by atoms with van der Waals surface area (Å²) in [7, 11) is 0. The summed E-state index contributed by atoms with van der Waals surface area (Å²) in [5, 5.41) is 9.36. The van der Waals surface area contributed by atoms with Crippen molar-refractivity contribution in [2.45, 2.75) is 18.1 Å². The maximum Gasteiger partial charge on any atom is 0.313 e. The number of carboxylic acids is 1. The Balaban J connectivity index is 2.48. The second kappa shape index (κ2) is 6.57. The molecule has 0 atom stereocenters. The molecule has 2 aromatic rings. The van der Waals surface area contributed by atoms with Crippen molar-refractivity contribution in [1.82, 2.24) is 9.55 Å². The van der Waals surface area contributed by atoms with Crippen LogP contribution in [0.25, 0.3) is 11.0 Å².